The molecule has 0 spiro atoms. The van der Waals surface area contributed by atoms with E-state index < -0.39 is 5.97 Å². The van der Waals surface area contributed by atoms with E-state index in [1.807, 2.05) is 35.8 Å². The maximum Gasteiger partial charge on any atom is 0.338 e. The number of allylic oxidation sites excluding steroid dienone is 1. The first-order chi connectivity index (χ1) is 16.0. The zero-order valence-electron chi connectivity index (χ0n) is 18.6. The first-order valence-electron chi connectivity index (χ1n) is 10.5. The number of amides is 1. The van der Waals surface area contributed by atoms with Gasteiger partial charge in [-0.2, -0.15) is 0 Å². The highest BCUT2D eigenvalue weighted by atomic mass is 32.2. The van der Waals surface area contributed by atoms with Gasteiger partial charge >= 0.3 is 5.97 Å². The van der Waals surface area contributed by atoms with Gasteiger partial charge in [-0.3, -0.25) is 9.36 Å². The number of carbonyl (C=O) groups excluding carboxylic acids is 2. The molecule has 0 fully saturated rings. The summed E-state index contributed by atoms with van der Waals surface area (Å²) in [5, 5.41) is 12.0. The summed E-state index contributed by atoms with van der Waals surface area (Å²) in [4.78, 5) is 24.2. The number of ether oxygens (including phenoxy) is 2. The molecule has 2 aromatic carbocycles. The number of benzene rings is 2. The van der Waals surface area contributed by atoms with Crippen molar-refractivity contribution in [2.24, 2.45) is 0 Å². The maximum absolute atomic E-state index is 12.4. The van der Waals surface area contributed by atoms with E-state index in [0.717, 1.165) is 11.3 Å². The monoisotopic (exact) mass is 466 g/mol. The molecule has 0 saturated heterocycles. The van der Waals surface area contributed by atoms with Crippen LogP contribution in [0.3, 0.4) is 0 Å². The third-order valence-corrected chi connectivity index (χ3v) is 5.43. The lowest BCUT2D eigenvalue weighted by Crippen LogP contribution is -2.15. The van der Waals surface area contributed by atoms with Gasteiger partial charge in [0.25, 0.3) is 0 Å². The number of nitrogens with zero attached hydrogens (tertiary/aromatic N) is 3. The number of hydrogen-bond acceptors (Lipinski definition) is 7. The standard InChI is InChI=1S/C24H26N4O4S/c1-4-15-28-22(17-9-13-20(14-10-17)31-5-2)26-27-24(28)33-16-21(29)25-19-11-7-18(8-12-19)23(30)32-6-3/h4,7-14H,1,5-6,15-16H2,2-3H3,(H,25,29). The van der Waals surface area contributed by atoms with Crippen molar-refractivity contribution < 1.29 is 19.1 Å². The van der Waals surface area contributed by atoms with Crippen LogP contribution in [0.1, 0.15) is 24.2 Å². The van der Waals surface area contributed by atoms with Gasteiger partial charge in [0.1, 0.15) is 5.75 Å². The molecule has 3 rings (SSSR count). The molecular formula is C24H26N4O4S. The van der Waals surface area contributed by atoms with E-state index in [4.69, 9.17) is 9.47 Å². The number of aromatic nitrogens is 3. The third-order valence-electron chi connectivity index (χ3n) is 4.46. The number of carbonyl (C=O) groups is 2. The average molecular weight is 467 g/mol. The number of esters is 1. The van der Waals surface area contributed by atoms with Crippen LogP contribution in [0.15, 0.2) is 66.3 Å². The van der Waals surface area contributed by atoms with Gasteiger partial charge in [-0.1, -0.05) is 17.8 Å². The van der Waals surface area contributed by atoms with Crippen molar-refractivity contribution in [1.82, 2.24) is 14.8 Å². The Kier molecular flexibility index (Phi) is 8.65. The van der Waals surface area contributed by atoms with Crippen LogP contribution >= 0.6 is 11.8 Å². The van der Waals surface area contributed by atoms with Gasteiger partial charge in [0, 0.05) is 17.8 Å². The SMILES string of the molecule is C=CCn1c(SCC(=O)Nc2ccc(C(=O)OCC)cc2)nnc1-c1ccc(OCC)cc1. The summed E-state index contributed by atoms with van der Waals surface area (Å²) in [6.45, 7) is 8.92. The number of rotatable bonds is 11. The highest BCUT2D eigenvalue weighted by Crippen LogP contribution is 2.26. The van der Waals surface area contributed by atoms with Gasteiger partial charge in [-0.25, -0.2) is 4.79 Å². The minimum Gasteiger partial charge on any atom is -0.494 e. The lowest BCUT2D eigenvalue weighted by atomic mass is 10.2. The van der Waals surface area contributed by atoms with E-state index in [1.54, 1.807) is 37.3 Å². The Morgan fingerprint density at radius 3 is 2.42 bits per heavy atom. The number of anilines is 1. The van der Waals surface area contributed by atoms with Crippen molar-refractivity contribution in [2.45, 2.75) is 25.5 Å². The molecule has 0 bridgehead atoms. The summed E-state index contributed by atoms with van der Waals surface area (Å²) < 4.78 is 12.4. The van der Waals surface area contributed by atoms with Crippen LogP contribution < -0.4 is 10.1 Å². The largest absolute Gasteiger partial charge is 0.494 e. The highest BCUT2D eigenvalue weighted by molar-refractivity contribution is 7.99. The van der Waals surface area contributed by atoms with Gasteiger partial charge < -0.3 is 14.8 Å². The molecular weight excluding hydrogens is 440 g/mol. The van der Waals surface area contributed by atoms with Gasteiger partial charge in [0.2, 0.25) is 5.91 Å². The molecule has 33 heavy (non-hydrogen) atoms. The molecule has 0 saturated carbocycles. The Balaban J connectivity index is 1.64. The zero-order valence-corrected chi connectivity index (χ0v) is 19.4. The van der Waals surface area contributed by atoms with E-state index >= 15 is 0 Å². The van der Waals surface area contributed by atoms with E-state index in [0.29, 0.717) is 42.0 Å². The predicted octanol–water partition coefficient (Wildman–Crippen LogP) is 4.44. The van der Waals surface area contributed by atoms with E-state index in [9.17, 15) is 9.59 Å². The molecule has 9 heteroatoms. The number of hydrogen-bond donors (Lipinski definition) is 1. The molecule has 3 aromatic rings. The summed E-state index contributed by atoms with van der Waals surface area (Å²) >= 11 is 1.29. The van der Waals surface area contributed by atoms with Crippen molar-refractivity contribution >= 4 is 29.3 Å². The van der Waals surface area contributed by atoms with E-state index in [1.165, 1.54) is 11.8 Å². The summed E-state index contributed by atoms with van der Waals surface area (Å²) in [6, 6.07) is 14.2. The van der Waals surface area contributed by atoms with Crippen molar-refractivity contribution in [3.05, 3.63) is 66.7 Å². The van der Waals surface area contributed by atoms with Crippen molar-refractivity contribution in [3.63, 3.8) is 0 Å². The molecule has 0 radical (unpaired) electrons. The zero-order chi connectivity index (χ0) is 23.6. The van der Waals surface area contributed by atoms with Gasteiger partial charge in [0.15, 0.2) is 11.0 Å². The molecule has 8 nitrogen and oxygen atoms in total. The topological polar surface area (TPSA) is 95.3 Å². The highest BCUT2D eigenvalue weighted by Gasteiger charge is 2.15. The molecule has 1 aromatic heterocycles. The second kappa shape index (κ2) is 11.9. The van der Waals surface area contributed by atoms with Gasteiger partial charge in [0.05, 0.1) is 24.5 Å². The lowest BCUT2D eigenvalue weighted by Gasteiger charge is -2.09. The fraction of sp³-hybridized carbons (Fsp3) is 0.250. The Hall–Kier alpha value is -3.59. The molecule has 1 N–H and O–H groups in total. The van der Waals surface area contributed by atoms with Crippen molar-refractivity contribution in [3.8, 4) is 17.1 Å². The Morgan fingerprint density at radius 1 is 1.06 bits per heavy atom. The second-order valence-electron chi connectivity index (χ2n) is 6.80. The molecule has 1 heterocycles. The number of thioether (sulfide) groups is 1. The molecule has 0 aliphatic heterocycles. The van der Waals surface area contributed by atoms with Crippen LogP contribution in [-0.4, -0.2) is 45.6 Å². The quantitative estimate of drug-likeness (QED) is 0.254. The first kappa shape index (κ1) is 24.1. The summed E-state index contributed by atoms with van der Waals surface area (Å²) in [5.74, 6) is 1.04. The Bertz CT molecular complexity index is 1090. The maximum atomic E-state index is 12.4. The summed E-state index contributed by atoms with van der Waals surface area (Å²) in [6.07, 6.45) is 1.76. The van der Waals surface area contributed by atoms with E-state index in [2.05, 4.69) is 22.1 Å². The van der Waals surface area contributed by atoms with Crippen LogP contribution in [0.2, 0.25) is 0 Å². The third kappa shape index (κ3) is 6.45. The minimum atomic E-state index is -0.393. The lowest BCUT2D eigenvalue weighted by molar-refractivity contribution is -0.113. The summed E-state index contributed by atoms with van der Waals surface area (Å²) in [5.41, 5.74) is 1.92. The number of nitrogens with one attached hydrogen (secondary N) is 1. The fourth-order valence-corrected chi connectivity index (χ4v) is 3.75. The molecule has 0 atom stereocenters. The average Bonchev–Trinajstić information content (AvgIpc) is 3.22. The Labute approximate surface area is 197 Å². The molecule has 0 aliphatic carbocycles. The van der Waals surface area contributed by atoms with E-state index in [-0.39, 0.29) is 11.7 Å². The van der Waals surface area contributed by atoms with Gasteiger partial charge in [-0.05, 0) is 62.4 Å². The van der Waals surface area contributed by atoms with Crippen LogP contribution in [0.4, 0.5) is 5.69 Å². The van der Waals surface area contributed by atoms with Crippen molar-refractivity contribution in [2.75, 3.05) is 24.3 Å². The molecule has 1 amide bonds. The van der Waals surface area contributed by atoms with Crippen LogP contribution in [0, 0.1) is 0 Å². The normalized spacial score (nSPS) is 10.5. The smallest absolute Gasteiger partial charge is 0.338 e. The first-order valence-corrected chi connectivity index (χ1v) is 11.5. The molecule has 172 valence electrons. The minimum absolute atomic E-state index is 0.151. The van der Waals surface area contributed by atoms with Gasteiger partial charge in [-0.15, -0.1) is 16.8 Å². The van der Waals surface area contributed by atoms with Crippen LogP contribution in [0.25, 0.3) is 11.4 Å². The molecule has 0 unspecified atom stereocenters. The predicted molar refractivity (Wildman–Crippen MR) is 129 cm³/mol. The van der Waals surface area contributed by atoms with Crippen LogP contribution in [0.5, 0.6) is 5.75 Å². The fourth-order valence-electron chi connectivity index (χ4n) is 3.00. The summed E-state index contributed by atoms with van der Waals surface area (Å²) in [7, 11) is 0. The van der Waals surface area contributed by atoms with Crippen LogP contribution in [-0.2, 0) is 16.1 Å². The second-order valence-corrected chi connectivity index (χ2v) is 7.74. The Morgan fingerprint density at radius 2 is 1.79 bits per heavy atom. The molecule has 0 aliphatic rings. The van der Waals surface area contributed by atoms with Crippen molar-refractivity contribution in [1.29, 1.82) is 0 Å².